The van der Waals surface area contributed by atoms with E-state index in [1.807, 2.05) is 34.1 Å². The Morgan fingerprint density at radius 1 is 0.791 bits per heavy atom. The van der Waals surface area contributed by atoms with E-state index in [1.54, 1.807) is 6.08 Å². The summed E-state index contributed by atoms with van der Waals surface area (Å²) in [5.74, 6) is -0.262. The predicted molar refractivity (Wildman–Crippen MR) is 178 cm³/mol. The van der Waals surface area contributed by atoms with Gasteiger partial charge in [-0.25, -0.2) is 0 Å². The second kappa shape index (κ2) is 27.3. The van der Waals surface area contributed by atoms with E-state index in [4.69, 9.17) is 9.05 Å². The lowest BCUT2D eigenvalue weighted by atomic mass is 10.0. The lowest BCUT2D eigenvalue weighted by Gasteiger charge is -2.29. The maximum absolute atomic E-state index is 12.2. The summed E-state index contributed by atoms with van der Waals surface area (Å²) in [5.41, 5.74) is 0. The molecule has 0 aliphatic rings. The van der Waals surface area contributed by atoms with Crippen molar-refractivity contribution in [1.29, 1.82) is 0 Å². The van der Waals surface area contributed by atoms with Crippen LogP contribution in [0.4, 0.5) is 0 Å². The van der Waals surface area contributed by atoms with Gasteiger partial charge in [-0.05, 0) is 32.1 Å². The minimum Gasteiger partial charge on any atom is -0.756 e. The number of nitrogens with one attached hydrogen (secondary N) is 1. The molecular weight excluding hydrogens is 563 g/mol. The van der Waals surface area contributed by atoms with Gasteiger partial charge in [-0.2, -0.15) is 0 Å². The van der Waals surface area contributed by atoms with E-state index in [9.17, 15) is 19.4 Å². The fraction of sp³-hybridized carbons (Fsp3) is 0.853. The summed E-state index contributed by atoms with van der Waals surface area (Å²) in [6.07, 6.45) is 29.6. The predicted octanol–water partition coefficient (Wildman–Crippen LogP) is 7.60. The van der Waals surface area contributed by atoms with Crippen LogP contribution in [0.15, 0.2) is 24.3 Å². The number of aliphatic hydroxyl groups excluding tert-OH is 1. The first kappa shape index (κ1) is 42.0. The van der Waals surface area contributed by atoms with Crippen LogP contribution in [0.3, 0.4) is 0 Å². The molecule has 2 N–H and O–H groups in total. The molecule has 3 atom stereocenters. The average Bonchev–Trinajstić information content (AvgIpc) is 2.93. The molecule has 0 radical (unpaired) electrons. The molecule has 3 unspecified atom stereocenters. The van der Waals surface area contributed by atoms with Crippen molar-refractivity contribution >= 4 is 13.7 Å². The number of likely N-dealkylation sites (N-methyl/N-ethyl adjacent to an activating group) is 1. The summed E-state index contributed by atoms with van der Waals surface area (Å²) in [5, 5.41) is 13.3. The van der Waals surface area contributed by atoms with E-state index >= 15 is 0 Å². The molecule has 43 heavy (non-hydrogen) atoms. The van der Waals surface area contributed by atoms with Crippen LogP contribution in [0, 0.1) is 0 Å². The lowest BCUT2D eigenvalue weighted by Crippen LogP contribution is -2.45. The lowest BCUT2D eigenvalue weighted by molar-refractivity contribution is -0.870. The second-order valence-corrected chi connectivity index (χ2v) is 14.3. The SMILES string of the molecule is CCCCCCCCCCCCCCCC/C=C/CC/C=C/C(O)C(COP(=O)([O-])OCC[N+](C)(C)C)NC(=O)CCC. The van der Waals surface area contributed by atoms with Crippen LogP contribution in [-0.4, -0.2) is 68.5 Å². The molecule has 1 amide bonds. The Labute approximate surface area is 264 Å². The van der Waals surface area contributed by atoms with Gasteiger partial charge in [0, 0.05) is 6.42 Å². The van der Waals surface area contributed by atoms with Crippen molar-refractivity contribution in [3.8, 4) is 0 Å². The minimum atomic E-state index is -4.55. The Bertz CT molecular complexity index is 768. The first-order valence-corrected chi connectivity index (χ1v) is 18.7. The number of aliphatic hydroxyl groups is 1. The Kier molecular flexibility index (Phi) is 26.7. The van der Waals surface area contributed by atoms with Gasteiger partial charge in [-0.3, -0.25) is 9.36 Å². The number of nitrogens with zero attached hydrogens (tertiary/aromatic N) is 1. The summed E-state index contributed by atoms with van der Waals surface area (Å²) in [6.45, 7) is 4.23. The molecule has 0 aliphatic carbocycles. The number of carbonyl (C=O) groups is 1. The molecule has 0 aromatic carbocycles. The largest absolute Gasteiger partial charge is 0.756 e. The fourth-order valence-electron chi connectivity index (χ4n) is 4.62. The number of rotatable bonds is 30. The third kappa shape index (κ3) is 29.5. The van der Waals surface area contributed by atoms with Gasteiger partial charge in [0.2, 0.25) is 5.91 Å². The Balaban J connectivity index is 4.13. The number of hydrogen-bond acceptors (Lipinski definition) is 6. The van der Waals surface area contributed by atoms with Crippen LogP contribution in [0.1, 0.15) is 136 Å². The topological polar surface area (TPSA) is 108 Å². The van der Waals surface area contributed by atoms with Crippen molar-refractivity contribution in [3.63, 3.8) is 0 Å². The van der Waals surface area contributed by atoms with Crippen LogP contribution < -0.4 is 10.2 Å². The number of hydrogen-bond donors (Lipinski definition) is 2. The highest BCUT2D eigenvalue weighted by atomic mass is 31.2. The molecule has 0 spiro atoms. The fourth-order valence-corrected chi connectivity index (χ4v) is 5.34. The maximum Gasteiger partial charge on any atom is 0.268 e. The monoisotopic (exact) mass is 630 g/mol. The summed E-state index contributed by atoms with van der Waals surface area (Å²) in [7, 11) is 1.23. The standard InChI is InChI=1S/C34H67N2O6P/c1-6-8-9-10-11-12-13-14-15-16-17-18-19-20-21-22-23-24-25-26-28-33(37)32(35-34(38)27-7-2)31-42-43(39,40)41-30-29-36(3,4)5/h22-23,26,28,32-33,37H,6-21,24-25,27,29-31H2,1-5H3,(H-,35,38,39,40)/b23-22+,28-26+. The highest BCUT2D eigenvalue weighted by Gasteiger charge is 2.22. The number of phosphoric ester groups is 1. The zero-order valence-electron chi connectivity index (χ0n) is 28.4. The molecule has 0 saturated carbocycles. The second-order valence-electron chi connectivity index (χ2n) is 12.9. The smallest absolute Gasteiger partial charge is 0.268 e. The van der Waals surface area contributed by atoms with Gasteiger partial charge in [-0.15, -0.1) is 0 Å². The summed E-state index contributed by atoms with van der Waals surface area (Å²) >= 11 is 0. The van der Waals surface area contributed by atoms with Crippen molar-refractivity contribution in [2.45, 2.75) is 148 Å². The molecule has 0 bridgehead atoms. The third-order valence-corrected chi connectivity index (χ3v) is 8.35. The Morgan fingerprint density at radius 2 is 1.30 bits per heavy atom. The van der Waals surface area contributed by atoms with Gasteiger partial charge in [0.25, 0.3) is 7.82 Å². The van der Waals surface area contributed by atoms with Gasteiger partial charge >= 0.3 is 0 Å². The summed E-state index contributed by atoms with van der Waals surface area (Å²) < 4.78 is 22.6. The highest BCUT2D eigenvalue weighted by molar-refractivity contribution is 7.45. The van der Waals surface area contributed by atoms with Crippen LogP contribution in [0.25, 0.3) is 0 Å². The zero-order valence-corrected chi connectivity index (χ0v) is 29.3. The van der Waals surface area contributed by atoms with Crippen molar-refractivity contribution in [2.24, 2.45) is 0 Å². The summed E-state index contributed by atoms with van der Waals surface area (Å²) in [6, 6.07) is -0.893. The third-order valence-electron chi connectivity index (χ3n) is 7.38. The molecule has 0 aromatic rings. The number of amides is 1. The van der Waals surface area contributed by atoms with Gasteiger partial charge in [0.05, 0.1) is 39.9 Å². The number of phosphoric acid groups is 1. The van der Waals surface area contributed by atoms with Gasteiger partial charge in [-0.1, -0.05) is 122 Å². The minimum absolute atomic E-state index is 0.00743. The average molecular weight is 631 g/mol. The van der Waals surface area contributed by atoms with Gasteiger partial charge in [0.15, 0.2) is 0 Å². The van der Waals surface area contributed by atoms with E-state index in [0.717, 1.165) is 19.3 Å². The number of carbonyl (C=O) groups excluding carboxylic acids is 1. The molecule has 0 heterocycles. The number of unbranched alkanes of at least 4 members (excludes halogenated alkanes) is 15. The molecule has 0 aromatic heterocycles. The van der Waals surface area contributed by atoms with E-state index in [-0.39, 0.29) is 18.9 Å². The molecule has 0 fully saturated rings. The number of quaternary nitrogens is 1. The quantitative estimate of drug-likeness (QED) is 0.0366. The van der Waals surface area contributed by atoms with Crippen LogP contribution >= 0.6 is 7.82 Å². The van der Waals surface area contributed by atoms with Crippen LogP contribution in [-0.2, 0) is 18.4 Å². The van der Waals surface area contributed by atoms with Crippen molar-refractivity contribution < 1.29 is 32.9 Å². The number of allylic oxidation sites excluding steroid dienone is 3. The van der Waals surface area contributed by atoms with Gasteiger partial charge in [0.1, 0.15) is 13.2 Å². The molecule has 0 aliphatic heterocycles. The Morgan fingerprint density at radius 3 is 1.84 bits per heavy atom. The van der Waals surface area contributed by atoms with Crippen LogP contribution in [0.5, 0.6) is 0 Å². The van der Waals surface area contributed by atoms with E-state index in [1.165, 1.54) is 89.9 Å². The van der Waals surface area contributed by atoms with E-state index in [0.29, 0.717) is 17.4 Å². The van der Waals surface area contributed by atoms with E-state index in [2.05, 4.69) is 24.4 Å². The molecule has 0 saturated heterocycles. The summed E-state index contributed by atoms with van der Waals surface area (Å²) in [4.78, 5) is 24.3. The highest BCUT2D eigenvalue weighted by Crippen LogP contribution is 2.38. The van der Waals surface area contributed by atoms with Crippen molar-refractivity contribution in [1.82, 2.24) is 5.32 Å². The molecular formula is C34H67N2O6P. The maximum atomic E-state index is 12.2. The molecule has 0 rings (SSSR count). The molecule has 8 nitrogen and oxygen atoms in total. The Hall–Kier alpha value is -1.02. The first-order chi connectivity index (χ1) is 20.5. The van der Waals surface area contributed by atoms with E-state index < -0.39 is 26.6 Å². The first-order valence-electron chi connectivity index (χ1n) is 17.2. The normalized spacial score (nSPS) is 15.2. The van der Waals surface area contributed by atoms with Crippen molar-refractivity contribution in [3.05, 3.63) is 24.3 Å². The molecule has 254 valence electrons. The van der Waals surface area contributed by atoms with Crippen molar-refractivity contribution in [2.75, 3.05) is 40.9 Å². The zero-order chi connectivity index (χ0) is 32.2. The van der Waals surface area contributed by atoms with Gasteiger partial charge < -0.3 is 28.8 Å². The van der Waals surface area contributed by atoms with Crippen LogP contribution in [0.2, 0.25) is 0 Å². The molecule has 9 heteroatoms.